The lowest BCUT2D eigenvalue weighted by atomic mass is 10.0. The summed E-state index contributed by atoms with van der Waals surface area (Å²) in [6, 6.07) is 13.9. The summed E-state index contributed by atoms with van der Waals surface area (Å²) in [6.45, 7) is 0. The minimum atomic E-state index is -0.212. The molecule has 4 nitrogen and oxygen atoms in total. The number of hydrogen-bond donors (Lipinski definition) is 2. The van der Waals surface area contributed by atoms with E-state index < -0.39 is 0 Å². The van der Waals surface area contributed by atoms with Gasteiger partial charge in [0.1, 0.15) is 3.57 Å². The minimum absolute atomic E-state index is 0.133. The van der Waals surface area contributed by atoms with Crippen LogP contribution >= 0.6 is 22.6 Å². The van der Waals surface area contributed by atoms with Gasteiger partial charge in [0, 0.05) is 5.56 Å². The Morgan fingerprint density at radius 1 is 1.11 bits per heavy atom. The van der Waals surface area contributed by atoms with Crippen LogP contribution in [0.5, 0.6) is 0 Å². The van der Waals surface area contributed by atoms with E-state index in [1.165, 1.54) is 0 Å². The Bertz CT molecular complexity index is 821. The molecule has 0 spiro atoms. The molecule has 2 aromatic carbocycles. The van der Waals surface area contributed by atoms with Crippen molar-refractivity contribution in [1.29, 1.82) is 0 Å². The predicted octanol–water partition coefficient (Wildman–Crippen LogP) is 2.78. The Hall–Kier alpha value is -1.89. The van der Waals surface area contributed by atoms with Crippen LogP contribution < -0.4 is 11.3 Å². The monoisotopic (exact) mass is 363 g/mol. The summed E-state index contributed by atoms with van der Waals surface area (Å²) in [4.78, 5) is 18.6. The van der Waals surface area contributed by atoms with E-state index in [9.17, 15) is 4.79 Å². The van der Waals surface area contributed by atoms with Gasteiger partial charge in [0.05, 0.1) is 5.69 Å². The quantitative estimate of drug-likeness (QED) is 0.653. The van der Waals surface area contributed by atoms with Crippen molar-refractivity contribution >= 4 is 39.3 Å². The molecule has 0 radical (unpaired) electrons. The van der Waals surface area contributed by atoms with Gasteiger partial charge in [-0.1, -0.05) is 42.5 Å². The summed E-state index contributed by atoms with van der Waals surface area (Å²) < 4.78 is 0.545. The number of benzene rings is 2. The number of H-pyrrole nitrogens is 1. The Balaban J connectivity index is 2.40. The summed E-state index contributed by atoms with van der Waals surface area (Å²) in [5.41, 5.74) is 6.97. The number of rotatable bonds is 1. The van der Waals surface area contributed by atoms with Crippen molar-refractivity contribution < 1.29 is 0 Å². The second-order valence-corrected chi connectivity index (χ2v) is 5.22. The summed E-state index contributed by atoms with van der Waals surface area (Å²) >= 11 is 2.00. The van der Waals surface area contributed by atoms with Gasteiger partial charge in [-0.15, -0.1) is 0 Å². The number of aromatic nitrogens is 2. The van der Waals surface area contributed by atoms with Crippen LogP contribution in [0.1, 0.15) is 0 Å². The van der Waals surface area contributed by atoms with Crippen molar-refractivity contribution in [3.63, 3.8) is 0 Å². The lowest BCUT2D eigenvalue weighted by Gasteiger charge is -2.08. The van der Waals surface area contributed by atoms with Crippen LogP contribution in [0.4, 0.5) is 5.95 Å². The number of hydrogen-bond acceptors (Lipinski definition) is 3. The average Bonchev–Trinajstić information content (AvgIpc) is 2.42. The van der Waals surface area contributed by atoms with Crippen molar-refractivity contribution in [3.05, 3.63) is 56.4 Å². The molecule has 0 aliphatic rings. The highest BCUT2D eigenvalue weighted by Crippen LogP contribution is 2.29. The fourth-order valence-corrected chi connectivity index (χ4v) is 2.63. The molecule has 19 heavy (non-hydrogen) atoms. The van der Waals surface area contributed by atoms with Gasteiger partial charge >= 0.3 is 0 Å². The molecule has 0 amide bonds. The van der Waals surface area contributed by atoms with Crippen LogP contribution in [0, 0.1) is 3.57 Å². The zero-order valence-corrected chi connectivity index (χ0v) is 12.0. The van der Waals surface area contributed by atoms with Gasteiger partial charge in [0.15, 0.2) is 0 Å². The third-order valence-corrected chi connectivity index (χ3v) is 3.93. The number of nitrogens with zero attached hydrogens (tertiary/aromatic N) is 1. The van der Waals surface area contributed by atoms with Gasteiger partial charge in [-0.2, -0.15) is 0 Å². The highest BCUT2D eigenvalue weighted by atomic mass is 127. The van der Waals surface area contributed by atoms with Crippen LogP contribution in [0.25, 0.3) is 22.0 Å². The minimum Gasteiger partial charge on any atom is -0.369 e. The fourth-order valence-electron chi connectivity index (χ4n) is 2.09. The predicted molar refractivity (Wildman–Crippen MR) is 84.9 cm³/mol. The van der Waals surface area contributed by atoms with E-state index >= 15 is 0 Å². The molecule has 5 heteroatoms. The van der Waals surface area contributed by atoms with Crippen LogP contribution in [0.3, 0.4) is 0 Å². The first kappa shape index (κ1) is 12.2. The molecule has 94 valence electrons. The topological polar surface area (TPSA) is 71.8 Å². The third-order valence-electron chi connectivity index (χ3n) is 2.93. The summed E-state index contributed by atoms with van der Waals surface area (Å²) in [7, 11) is 0. The summed E-state index contributed by atoms with van der Waals surface area (Å²) in [5.74, 6) is 0.133. The van der Waals surface area contributed by atoms with E-state index in [0.29, 0.717) is 9.26 Å². The molecule has 3 N–H and O–H groups in total. The Morgan fingerprint density at radius 2 is 1.84 bits per heavy atom. The van der Waals surface area contributed by atoms with E-state index in [1.807, 2.05) is 65.1 Å². The normalized spacial score (nSPS) is 10.8. The molecule has 0 fully saturated rings. The maximum Gasteiger partial charge on any atom is 0.266 e. The second-order valence-electron chi connectivity index (χ2n) is 4.14. The maximum atomic E-state index is 11.8. The number of anilines is 1. The van der Waals surface area contributed by atoms with Gasteiger partial charge in [0.2, 0.25) is 5.95 Å². The first-order valence-electron chi connectivity index (χ1n) is 5.70. The zero-order valence-electron chi connectivity index (χ0n) is 9.85. The SMILES string of the molecule is Nc1nc(-c2cccc3ccccc23)c(I)c(=O)[nH]1. The molecular formula is C14H10IN3O. The van der Waals surface area contributed by atoms with Crippen molar-refractivity contribution in [3.8, 4) is 11.3 Å². The van der Waals surface area contributed by atoms with Gasteiger partial charge < -0.3 is 5.73 Å². The van der Waals surface area contributed by atoms with Crippen LogP contribution in [0.15, 0.2) is 47.3 Å². The molecular weight excluding hydrogens is 353 g/mol. The van der Waals surface area contributed by atoms with E-state index in [2.05, 4.69) is 9.97 Å². The molecule has 1 heterocycles. The van der Waals surface area contributed by atoms with E-state index in [4.69, 9.17) is 5.73 Å². The smallest absolute Gasteiger partial charge is 0.266 e. The molecule has 0 atom stereocenters. The first-order valence-corrected chi connectivity index (χ1v) is 6.78. The molecule has 0 unspecified atom stereocenters. The van der Waals surface area contributed by atoms with Gasteiger partial charge in [0.25, 0.3) is 5.56 Å². The van der Waals surface area contributed by atoms with Gasteiger partial charge in [-0.05, 0) is 33.4 Å². The van der Waals surface area contributed by atoms with E-state index in [-0.39, 0.29) is 11.5 Å². The maximum absolute atomic E-state index is 11.8. The van der Waals surface area contributed by atoms with Crippen LogP contribution in [-0.4, -0.2) is 9.97 Å². The van der Waals surface area contributed by atoms with E-state index in [1.54, 1.807) is 0 Å². The Kier molecular flexibility index (Phi) is 2.98. The average molecular weight is 363 g/mol. The van der Waals surface area contributed by atoms with Crippen molar-refractivity contribution in [1.82, 2.24) is 9.97 Å². The van der Waals surface area contributed by atoms with Crippen molar-refractivity contribution in [2.24, 2.45) is 0 Å². The number of aromatic amines is 1. The Morgan fingerprint density at radius 3 is 2.68 bits per heavy atom. The zero-order chi connectivity index (χ0) is 13.4. The third kappa shape index (κ3) is 2.10. The Labute approximate surface area is 122 Å². The van der Waals surface area contributed by atoms with Crippen molar-refractivity contribution in [2.45, 2.75) is 0 Å². The highest BCUT2D eigenvalue weighted by Gasteiger charge is 2.12. The lowest BCUT2D eigenvalue weighted by molar-refractivity contribution is 1.12. The van der Waals surface area contributed by atoms with E-state index in [0.717, 1.165) is 16.3 Å². The largest absolute Gasteiger partial charge is 0.369 e. The van der Waals surface area contributed by atoms with Gasteiger partial charge in [-0.3, -0.25) is 9.78 Å². The molecule has 3 aromatic rings. The number of nitrogens with two attached hydrogens (primary N) is 1. The molecule has 0 aliphatic carbocycles. The number of fused-ring (bicyclic) bond motifs is 1. The molecule has 3 rings (SSSR count). The molecule has 0 bridgehead atoms. The summed E-state index contributed by atoms with van der Waals surface area (Å²) in [6.07, 6.45) is 0. The highest BCUT2D eigenvalue weighted by molar-refractivity contribution is 14.1. The molecule has 1 aromatic heterocycles. The molecule has 0 saturated carbocycles. The van der Waals surface area contributed by atoms with Crippen LogP contribution in [-0.2, 0) is 0 Å². The fraction of sp³-hybridized carbons (Fsp3) is 0. The number of nitrogen functional groups attached to an aromatic ring is 1. The van der Waals surface area contributed by atoms with Crippen molar-refractivity contribution in [2.75, 3.05) is 5.73 Å². The second kappa shape index (κ2) is 4.65. The number of nitrogens with one attached hydrogen (secondary N) is 1. The summed E-state index contributed by atoms with van der Waals surface area (Å²) in [5, 5.41) is 2.16. The standard InChI is InChI=1S/C14H10IN3O/c15-11-12(17-14(16)18-13(11)19)10-7-3-5-8-4-1-2-6-9(8)10/h1-7H,(H3,16,17,18,19). The number of halogens is 1. The lowest BCUT2D eigenvalue weighted by Crippen LogP contribution is -2.15. The van der Waals surface area contributed by atoms with Crippen LogP contribution in [0.2, 0.25) is 0 Å². The van der Waals surface area contributed by atoms with Gasteiger partial charge in [-0.25, -0.2) is 4.98 Å². The molecule has 0 aliphatic heterocycles. The molecule has 0 saturated heterocycles. The first-order chi connectivity index (χ1) is 9.16.